The highest BCUT2D eigenvalue weighted by atomic mass is 16.5. The highest BCUT2D eigenvalue weighted by molar-refractivity contribution is 5.71. The van der Waals surface area contributed by atoms with Crippen molar-refractivity contribution in [2.24, 2.45) is 0 Å². The second-order valence-electron chi connectivity index (χ2n) is 7.56. The zero-order valence-electron chi connectivity index (χ0n) is 18.4. The molecule has 2 aromatic rings. The number of esters is 1. The number of ether oxygens (including phenoxy) is 3. The van der Waals surface area contributed by atoms with Gasteiger partial charge in [0.15, 0.2) is 0 Å². The fourth-order valence-electron chi connectivity index (χ4n) is 3.57. The summed E-state index contributed by atoms with van der Waals surface area (Å²) in [4.78, 5) is 13.8. The molecule has 6 nitrogen and oxygen atoms in total. The van der Waals surface area contributed by atoms with Crippen LogP contribution in [0.25, 0.3) is 0 Å². The van der Waals surface area contributed by atoms with Gasteiger partial charge in [-0.3, -0.25) is 9.69 Å². The van der Waals surface area contributed by atoms with Gasteiger partial charge in [-0.25, -0.2) is 0 Å². The Morgan fingerprint density at radius 2 is 1.90 bits per heavy atom. The third-order valence-electron chi connectivity index (χ3n) is 5.19. The predicted octanol–water partition coefficient (Wildman–Crippen LogP) is 3.08. The van der Waals surface area contributed by atoms with Crippen LogP contribution in [-0.4, -0.2) is 63.4 Å². The summed E-state index contributed by atoms with van der Waals surface area (Å²) in [6.07, 6.45) is 3.35. The molecule has 1 saturated heterocycles. The molecular weight excluding hydrogens is 392 g/mol. The van der Waals surface area contributed by atoms with Crippen LogP contribution >= 0.6 is 0 Å². The highest BCUT2D eigenvalue weighted by Crippen LogP contribution is 2.22. The molecule has 0 aromatic heterocycles. The van der Waals surface area contributed by atoms with Crippen LogP contribution in [0.1, 0.15) is 30.9 Å². The van der Waals surface area contributed by atoms with E-state index in [1.165, 1.54) is 31.5 Å². The standard InChI is InChI=1S/C25H33N2O4/c1-2-29-25(28)20-26-13-17-31-24-8-4-3-7-22(24)19-21-9-11-23(12-10-21)30-18-16-27-14-5-6-15-27/h3-4,8-12,26H,2,5-6,13-20H2,1H3. The van der Waals surface area contributed by atoms with Crippen LogP contribution in [0.2, 0.25) is 0 Å². The Kier molecular flexibility index (Phi) is 9.67. The van der Waals surface area contributed by atoms with Crippen molar-refractivity contribution in [3.63, 3.8) is 0 Å². The van der Waals surface area contributed by atoms with Gasteiger partial charge in [0.1, 0.15) is 24.7 Å². The van der Waals surface area contributed by atoms with Gasteiger partial charge in [-0.2, -0.15) is 0 Å². The summed E-state index contributed by atoms with van der Waals surface area (Å²) in [6, 6.07) is 17.3. The molecule has 0 spiro atoms. The molecule has 1 heterocycles. The quantitative estimate of drug-likeness (QED) is 0.393. The third-order valence-corrected chi connectivity index (χ3v) is 5.19. The van der Waals surface area contributed by atoms with E-state index in [2.05, 4.69) is 28.4 Å². The van der Waals surface area contributed by atoms with Gasteiger partial charge >= 0.3 is 5.97 Å². The topological polar surface area (TPSA) is 60.0 Å². The van der Waals surface area contributed by atoms with Gasteiger partial charge in [0.25, 0.3) is 0 Å². The Bertz CT molecular complexity index is 788. The molecule has 1 aliphatic rings. The van der Waals surface area contributed by atoms with Crippen LogP contribution in [0, 0.1) is 6.07 Å². The Labute approximate surface area is 185 Å². The van der Waals surface area contributed by atoms with Crippen molar-refractivity contribution >= 4 is 5.97 Å². The maximum absolute atomic E-state index is 11.3. The SMILES string of the molecule is CCOC(=O)CNCCOc1ccc[c]c1Cc1ccc(OCCN2CCCC2)cc1. The van der Waals surface area contributed by atoms with Crippen LogP contribution < -0.4 is 14.8 Å². The molecule has 167 valence electrons. The average Bonchev–Trinajstić information content (AvgIpc) is 3.30. The van der Waals surface area contributed by atoms with Gasteiger partial charge < -0.3 is 19.5 Å². The van der Waals surface area contributed by atoms with E-state index in [1.54, 1.807) is 6.92 Å². The number of hydrogen-bond acceptors (Lipinski definition) is 6. The van der Waals surface area contributed by atoms with Crippen molar-refractivity contribution in [2.45, 2.75) is 26.2 Å². The molecule has 0 amide bonds. The summed E-state index contributed by atoms with van der Waals surface area (Å²) >= 11 is 0. The first-order valence-electron chi connectivity index (χ1n) is 11.2. The highest BCUT2D eigenvalue weighted by Gasteiger charge is 2.11. The number of carbonyl (C=O) groups excluding carboxylic acids is 1. The van der Waals surface area contributed by atoms with Gasteiger partial charge in [-0.1, -0.05) is 24.3 Å². The monoisotopic (exact) mass is 425 g/mol. The van der Waals surface area contributed by atoms with Crippen molar-refractivity contribution in [2.75, 3.05) is 52.5 Å². The third kappa shape index (κ3) is 8.23. The minimum absolute atomic E-state index is 0.192. The minimum atomic E-state index is -0.250. The summed E-state index contributed by atoms with van der Waals surface area (Å²) in [5, 5.41) is 3.02. The summed E-state index contributed by atoms with van der Waals surface area (Å²) in [5.74, 6) is 1.47. The largest absolute Gasteiger partial charge is 0.492 e. The second-order valence-corrected chi connectivity index (χ2v) is 7.56. The molecule has 1 fully saturated rings. The van der Waals surface area contributed by atoms with E-state index >= 15 is 0 Å². The Morgan fingerprint density at radius 1 is 1.10 bits per heavy atom. The van der Waals surface area contributed by atoms with E-state index in [-0.39, 0.29) is 12.5 Å². The molecule has 0 saturated carbocycles. The molecular formula is C25H33N2O4. The van der Waals surface area contributed by atoms with E-state index in [0.29, 0.717) is 19.8 Å². The first kappa shape index (κ1) is 23.1. The van der Waals surface area contributed by atoms with Crippen LogP contribution in [0.3, 0.4) is 0 Å². The molecule has 2 aromatic carbocycles. The average molecular weight is 426 g/mol. The summed E-state index contributed by atoms with van der Waals surface area (Å²) in [5.41, 5.74) is 2.19. The molecule has 1 aliphatic heterocycles. The number of nitrogens with zero attached hydrogens (tertiary/aromatic N) is 1. The van der Waals surface area contributed by atoms with Crippen molar-refractivity contribution in [3.05, 3.63) is 59.7 Å². The lowest BCUT2D eigenvalue weighted by molar-refractivity contribution is -0.142. The van der Waals surface area contributed by atoms with Gasteiger partial charge in [-0.15, -0.1) is 0 Å². The van der Waals surface area contributed by atoms with E-state index in [0.717, 1.165) is 36.6 Å². The van der Waals surface area contributed by atoms with Crippen molar-refractivity contribution in [1.29, 1.82) is 0 Å². The molecule has 0 unspecified atom stereocenters. The smallest absolute Gasteiger partial charge is 0.319 e. The Balaban J connectivity index is 1.42. The molecule has 6 heteroatoms. The number of benzene rings is 2. The van der Waals surface area contributed by atoms with Crippen molar-refractivity contribution in [1.82, 2.24) is 10.2 Å². The lowest BCUT2D eigenvalue weighted by Crippen LogP contribution is -2.28. The van der Waals surface area contributed by atoms with E-state index < -0.39 is 0 Å². The number of carbonyl (C=O) groups is 1. The molecule has 0 bridgehead atoms. The first-order chi connectivity index (χ1) is 15.2. The summed E-state index contributed by atoms with van der Waals surface area (Å²) in [7, 11) is 0. The lowest BCUT2D eigenvalue weighted by atomic mass is 10.0. The fraction of sp³-hybridized carbons (Fsp3) is 0.480. The van der Waals surface area contributed by atoms with E-state index in [1.807, 2.05) is 30.3 Å². The van der Waals surface area contributed by atoms with Crippen LogP contribution in [0.15, 0.2) is 42.5 Å². The van der Waals surface area contributed by atoms with Crippen molar-refractivity contribution in [3.8, 4) is 11.5 Å². The number of rotatable bonds is 13. The van der Waals surface area contributed by atoms with Gasteiger partial charge in [0.2, 0.25) is 0 Å². The molecule has 31 heavy (non-hydrogen) atoms. The predicted molar refractivity (Wildman–Crippen MR) is 121 cm³/mol. The molecule has 1 radical (unpaired) electrons. The normalized spacial score (nSPS) is 13.8. The summed E-state index contributed by atoms with van der Waals surface area (Å²) in [6.45, 7) is 7.53. The van der Waals surface area contributed by atoms with Gasteiger partial charge in [-0.05, 0) is 62.7 Å². The number of hydrogen-bond donors (Lipinski definition) is 1. The van der Waals surface area contributed by atoms with Crippen LogP contribution in [0.4, 0.5) is 0 Å². The zero-order valence-corrected chi connectivity index (χ0v) is 18.4. The van der Waals surface area contributed by atoms with Crippen LogP contribution in [0.5, 0.6) is 11.5 Å². The van der Waals surface area contributed by atoms with Gasteiger partial charge in [0, 0.05) is 25.1 Å². The molecule has 3 rings (SSSR count). The molecule has 0 atom stereocenters. The summed E-state index contributed by atoms with van der Waals surface area (Å²) < 4.78 is 16.7. The molecule has 0 aliphatic carbocycles. The number of nitrogens with one attached hydrogen (secondary N) is 1. The fourth-order valence-corrected chi connectivity index (χ4v) is 3.57. The van der Waals surface area contributed by atoms with Crippen LogP contribution in [-0.2, 0) is 16.0 Å². The zero-order chi connectivity index (χ0) is 21.7. The second kappa shape index (κ2) is 13.0. The maximum atomic E-state index is 11.3. The van der Waals surface area contributed by atoms with E-state index in [9.17, 15) is 4.79 Å². The van der Waals surface area contributed by atoms with E-state index in [4.69, 9.17) is 14.2 Å². The molecule has 1 N–H and O–H groups in total. The van der Waals surface area contributed by atoms with Crippen molar-refractivity contribution < 1.29 is 19.0 Å². The number of likely N-dealkylation sites (tertiary alicyclic amines) is 1. The van der Waals surface area contributed by atoms with Gasteiger partial charge in [0.05, 0.1) is 13.2 Å². The Morgan fingerprint density at radius 3 is 2.68 bits per heavy atom. The first-order valence-corrected chi connectivity index (χ1v) is 11.2. The minimum Gasteiger partial charge on any atom is -0.492 e. The lowest BCUT2D eigenvalue weighted by Gasteiger charge is -2.15. The Hall–Kier alpha value is -2.57. The maximum Gasteiger partial charge on any atom is 0.319 e.